The second-order valence-electron chi connectivity index (χ2n) is 5.41. The lowest BCUT2D eigenvalue weighted by atomic mass is 9.75. The maximum absolute atomic E-state index is 11.4. The molecule has 3 N–H and O–H groups in total. The van der Waals surface area contributed by atoms with Gasteiger partial charge in [0, 0.05) is 6.04 Å². The summed E-state index contributed by atoms with van der Waals surface area (Å²) in [5.74, 6) is 0.223. The van der Waals surface area contributed by atoms with Crippen molar-refractivity contribution < 1.29 is 5.11 Å². The molecular formula is C18H23NO. The van der Waals surface area contributed by atoms with Crippen LogP contribution in [-0.4, -0.2) is 11.1 Å². The van der Waals surface area contributed by atoms with E-state index in [1.165, 1.54) is 0 Å². The van der Waals surface area contributed by atoms with Gasteiger partial charge in [0.2, 0.25) is 0 Å². The highest BCUT2D eigenvalue weighted by molar-refractivity contribution is 5.38. The summed E-state index contributed by atoms with van der Waals surface area (Å²) < 4.78 is 0. The molecule has 0 heterocycles. The van der Waals surface area contributed by atoms with Crippen LogP contribution in [0.25, 0.3) is 0 Å². The molecule has 0 aliphatic heterocycles. The Labute approximate surface area is 121 Å². The van der Waals surface area contributed by atoms with E-state index in [2.05, 4.69) is 13.8 Å². The van der Waals surface area contributed by atoms with Crippen molar-refractivity contribution >= 4 is 0 Å². The minimum atomic E-state index is -1.15. The molecule has 0 unspecified atom stereocenters. The van der Waals surface area contributed by atoms with Crippen LogP contribution in [0.15, 0.2) is 60.7 Å². The third-order valence-electron chi connectivity index (χ3n) is 4.17. The Hall–Kier alpha value is -1.64. The van der Waals surface area contributed by atoms with Crippen molar-refractivity contribution in [3.63, 3.8) is 0 Å². The van der Waals surface area contributed by atoms with E-state index in [0.29, 0.717) is 0 Å². The zero-order valence-corrected chi connectivity index (χ0v) is 12.2. The van der Waals surface area contributed by atoms with Crippen molar-refractivity contribution in [3.8, 4) is 0 Å². The minimum absolute atomic E-state index is 0.223. The van der Waals surface area contributed by atoms with E-state index >= 15 is 0 Å². The summed E-state index contributed by atoms with van der Waals surface area (Å²) in [4.78, 5) is 0. The Morgan fingerprint density at radius 1 is 0.950 bits per heavy atom. The third kappa shape index (κ3) is 2.62. The topological polar surface area (TPSA) is 46.2 Å². The number of hydrogen-bond acceptors (Lipinski definition) is 2. The fraction of sp³-hybridized carbons (Fsp3) is 0.333. The largest absolute Gasteiger partial charge is 0.379 e. The highest BCUT2D eigenvalue weighted by Gasteiger charge is 2.40. The van der Waals surface area contributed by atoms with Crippen LogP contribution in [0.4, 0.5) is 0 Å². The average molecular weight is 269 g/mol. The molecular weight excluding hydrogens is 246 g/mol. The van der Waals surface area contributed by atoms with Gasteiger partial charge in [-0.25, -0.2) is 0 Å². The number of hydrogen-bond donors (Lipinski definition) is 2. The van der Waals surface area contributed by atoms with Gasteiger partial charge in [0.25, 0.3) is 0 Å². The Bertz CT molecular complexity index is 484. The molecule has 0 aromatic heterocycles. The van der Waals surface area contributed by atoms with Gasteiger partial charge in [0.05, 0.1) is 0 Å². The molecule has 0 spiro atoms. The predicted molar refractivity (Wildman–Crippen MR) is 83.3 cm³/mol. The second kappa shape index (κ2) is 6.21. The number of rotatable bonds is 5. The minimum Gasteiger partial charge on any atom is -0.379 e. The smallest absolute Gasteiger partial charge is 0.130 e. The van der Waals surface area contributed by atoms with Gasteiger partial charge in [0.15, 0.2) is 0 Å². The van der Waals surface area contributed by atoms with Crippen LogP contribution < -0.4 is 5.73 Å². The zero-order valence-electron chi connectivity index (χ0n) is 12.2. The molecule has 0 aliphatic rings. The summed E-state index contributed by atoms with van der Waals surface area (Å²) in [6.45, 7) is 4.18. The fourth-order valence-electron chi connectivity index (χ4n) is 2.60. The molecule has 2 nitrogen and oxygen atoms in total. The van der Waals surface area contributed by atoms with Crippen molar-refractivity contribution in [2.24, 2.45) is 11.7 Å². The maximum Gasteiger partial charge on any atom is 0.130 e. The Balaban J connectivity index is 2.55. The van der Waals surface area contributed by atoms with Gasteiger partial charge < -0.3 is 10.8 Å². The predicted octanol–water partition coefficient (Wildman–Crippen LogP) is 3.30. The summed E-state index contributed by atoms with van der Waals surface area (Å²) in [5.41, 5.74) is 6.96. The molecule has 2 atom stereocenters. The lowest BCUT2D eigenvalue weighted by Gasteiger charge is -2.38. The first kappa shape index (κ1) is 14.8. The van der Waals surface area contributed by atoms with Crippen molar-refractivity contribution in [1.82, 2.24) is 0 Å². The third-order valence-corrected chi connectivity index (χ3v) is 4.17. The van der Waals surface area contributed by atoms with E-state index in [9.17, 15) is 5.11 Å². The van der Waals surface area contributed by atoms with Crippen molar-refractivity contribution in [2.75, 3.05) is 0 Å². The van der Waals surface area contributed by atoms with Crippen LogP contribution in [0.2, 0.25) is 0 Å². The first-order valence-electron chi connectivity index (χ1n) is 7.19. The van der Waals surface area contributed by atoms with Gasteiger partial charge in [-0.05, 0) is 17.0 Å². The second-order valence-corrected chi connectivity index (χ2v) is 5.41. The highest BCUT2D eigenvalue weighted by Crippen LogP contribution is 2.35. The molecule has 0 saturated heterocycles. The van der Waals surface area contributed by atoms with E-state index in [1.54, 1.807) is 0 Å². The molecule has 2 heteroatoms. The number of benzene rings is 2. The molecule has 0 amide bonds. The monoisotopic (exact) mass is 269 g/mol. The Morgan fingerprint density at radius 3 is 1.70 bits per heavy atom. The van der Waals surface area contributed by atoms with Crippen LogP contribution >= 0.6 is 0 Å². The van der Waals surface area contributed by atoms with Crippen LogP contribution in [0.3, 0.4) is 0 Å². The average Bonchev–Trinajstić information content (AvgIpc) is 2.54. The molecule has 2 rings (SSSR count). The van der Waals surface area contributed by atoms with Gasteiger partial charge in [-0.2, -0.15) is 0 Å². The van der Waals surface area contributed by atoms with Gasteiger partial charge in [-0.3, -0.25) is 0 Å². The summed E-state index contributed by atoms with van der Waals surface area (Å²) in [6.07, 6.45) is 0.934. The summed E-state index contributed by atoms with van der Waals surface area (Å²) >= 11 is 0. The van der Waals surface area contributed by atoms with Crippen molar-refractivity contribution in [3.05, 3.63) is 71.8 Å². The molecule has 2 aromatic carbocycles. The number of aliphatic hydroxyl groups is 1. The fourth-order valence-corrected chi connectivity index (χ4v) is 2.60. The Morgan fingerprint density at radius 2 is 1.35 bits per heavy atom. The van der Waals surface area contributed by atoms with Crippen molar-refractivity contribution in [2.45, 2.75) is 31.9 Å². The van der Waals surface area contributed by atoms with Gasteiger partial charge >= 0.3 is 0 Å². The van der Waals surface area contributed by atoms with Crippen LogP contribution in [0.1, 0.15) is 31.4 Å². The maximum atomic E-state index is 11.4. The molecule has 2 aromatic rings. The van der Waals surface area contributed by atoms with E-state index in [-0.39, 0.29) is 12.0 Å². The standard InChI is InChI=1S/C18H23NO/c1-3-14(2)17(19)18(20,15-10-6-4-7-11-15)16-12-8-5-9-13-16/h4-14,17,20H,3,19H2,1-2H3/t14-,17-/m0/s1. The van der Waals surface area contributed by atoms with Crippen LogP contribution in [0.5, 0.6) is 0 Å². The molecule has 106 valence electrons. The van der Waals surface area contributed by atoms with Gasteiger partial charge in [-0.15, -0.1) is 0 Å². The quantitative estimate of drug-likeness (QED) is 0.875. The molecule has 0 saturated carbocycles. The van der Waals surface area contributed by atoms with Crippen LogP contribution in [-0.2, 0) is 5.60 Å². The lowest BCUT2D eigenvalue weighted by Crippen LogP contribution is -2.50. The first-order valence-corrected chi connectivity index (χ1v) is 7.19. The van der Waals surface area contributed by atoms with E-state index in [4.69, 9.17) is 5.73 Å². The highest BCUT2D eigenvalue weighted by atomic mass is 16.3. The molecule has 20 heavy (non-hydrogen) atoms. The summed E-state index contributed by atoms with van der Waals surface area (Å²) in [7, 11) is 0. The first-order chi connectivity index (χ1) is 9.60. The van der Waals surface area contributed by atoms with E-state index < -0.39 is 5.60 Å². The van der Waals surface area contributed by atoms with Gasteiger partial charge in [-0.1, -0.05) is 80.9 Å². The molecule has 0 radical (unpaired) electrons. The summed E-state index contributed by atoms with van der Waals surface area (Å²) in [6, 6.07) is 19.1. The van der Waals surface area contributed by atoms with E-state index in [1.807, 2.05) is 60.7 Å². The molecule has 0 bridgehead atoms. The SMILES string of the molecule is CC[C@H](C)[C@H](N)C(O)(c1ccccc1)c1ccccc1. The van der Waals surface area contributed by atoms with E-state index in [0.717, 1.165) is 17.5 Å². The molecule has 0 aliphatic carbocycles. The zero-order chi connectivity index (χ0) is 14.6. The number of nitrogens with two attached hydrogens (primary N) is 1. The lowest BCUT2D eigenvalue weighted by molar-refractivity contribution is 0.0317. The van der Waals surface area contributed by atoms with Gasteiger partial charge in [0.1, 0.15) is 5.60 Å². The van der Waals surface area contributed by atoms with Crippen molar-refractivity contribution in [1.29, 1.82) is 0 Å². The molecule has 0 fully saturated rings. The normalized spacial score (nSPS) is 14.8. The van der Waals surface area contributed by atoms with Crippen LogP contribution in [0, 0.1) is 5.92 Å². The Kier molecular flexibility index (Phi) is 4.58. The summed E-state index contributed by atoms with van der Waals surface area (Å²) in [5, 5.41) is 11.4.